The van der Waals surface area contributed by atoms with Crippen LogP contribution in [-0.2, 0) is 9.92 Å². The van der Waals surface area contributed by atoms with Gasteiger partial charge in [0, 0.05) is 18.8 Å². The molecule has 2 aliphatic rings. The van der Waals surface area contributed by atoms with Crippen molar-refractivity contribution in [2.45, 2.75) is 20.8 Å². The first-order valence-electron chi connectivity index (χ1n) is 4.91. The maximum absolute atomic E-state index is 11.7. The van der Waals surface area contributed by atoms with E-state index in [1.165, 1.54) is 0 Å². The maximum atomic E-state index is 11.7. The van der Waals surface area contributed by atoms with Crippen LogP contribution in [0.15, 0.2) is 0 Å². The van der Waals surface area contributed by atoms with Crippen molar-refractivity contribution in [1.29, 1.82) is 4.78 Å². The molecule has 76 valence electrons. The fourth-order valence-electron chi connectivity index (χ4n) is 2.52. The summed E-state index contributed by atoms with van der Waals surface area (Å²) in [6.45, 7) is 8.15. The first kappa shape index (κ1) is 9.46. The molecule has 3 atom stereocenters. The predicted octanol–water partition coefficient (Wildman–Crippen LogP) is 1.56. The zero-order valence-electron chi connectivity index (χ0n) is 8.54. The molecular formula is C9H18N2OS. The molecule has 2 rings (SSSR count). The highest BCUT2D eigenvalue weighted by Crippen LogP contribution is 2.62. The molecule has 13 heavy (non-hydrogen) atoms. The fraction of sp³-hybridized carbons (Fsp3) is 1.00. The molecule has 2 fully saturated rings. The first-order valence-corrected chi connectivity index (χ1v) is 6.59. The number of rotatable bonds is 2. The molecule has 0 aromatic rings. The molecule has 0 aromatic carbocycles. The average Bonchev–Trinajstić information content (AvgIpc) is 2.54. The Kier molecular flexibility index (Phi) is 1.81. The summed E-state index contributed by atoms with van der Waals surface area (Å²) >= 11 is 0. The van der Waals surface area contributed by atoms with Gasteiger partial charge in [0.25, 0.3) is 0 Å². The van der Waals surface area contributed by atoms with Crippen molar-refractivity contribution in [3.8, 4) is 0 Å². The molecule has 3 unspecified atom stereocenters. The summed E-state index contributed by atoms with van der Waals surface area (Å²) in [4.78, 5) is 0. The van der Waals surface area contributed by atoms with Crippen molar-refractivity contribution >= 4 is 9.92 Å². The first-order chi connectivity index (χ1) is 5.89. The van der Waals surface area contributed by atoms with Crippen LogP contribution < -0.4 is 0 Å². The fourth-order valence-corrected chi connectivity index (χ4v) is 3.69. The summed E-state index contributed by atoms with van der Waals surface area (Å²) in [7, 11) is -2.42. The van der Waals surface area contributed by atoms with Gasteiger partial charge in [0.1, 0.15) is 9.92 Å². The van der Waals surface area contributed by atoms with Crippen LogP contribution in [0.2, 0.25) is 0 Å². The number of piperidine rings is 1. The predicted molar refractivity (Wildman–Crippen MR) is 53.7 cm³/mol. The van der Waals surface area contributed by atoms with Crippen molar-refractivity contribution < 1.29 is 4.21 Å². The SMILES string of the molecule is CCS(=N)(=O)N1CC2C(C1)C2(C)C. The second-order valence-electron chi connectivity index (χ2n) is 4.81. The van der Waals surface area contributed by atoms with Crippen LogP contribution in [-0.4, -0.2) is 27.4 Å². The Morgan fingerprint density at radius 1 is 1.46 bits per heavy atom. The highest BCUT2D eigenvalue weighted by atomic mass is 32.2. The number of hydrogen-bond donors (Lipinski definition) is 1. The second-order valence-corrected chi connectivity index (χ2v) is 7.19. The minimum atomic E-state index is -2.42. The van der Waals surface area contributed by atoms with Gasteiger partial charge in [-0.25, -0.2) is 13.3 Å². The van der Waals surface area contributed by atoms with Gasteiger partial charge >= 0.3 is 0 Å². The highest BCUT2D eigenvalue weighted by molar-refractivity contribution is 7.90. The number of hydrogen-bond acceptors (Lipinski definition) is 2. The zero-order chi connectivity index (χ0) is 9.85. The lowest BCUT2D eigenvalue weighted by atomic mass is 10.1. The van der Waals surface area contributed by atoms with Gasteiger partial charge in [-0.15, -0.1) is 0 Å². The van der Waals surface area contributed by atoms with Crippen molar-refractivity contribution in [3.05, 3.63) is 0 Å². The van der Waals surface area contributed by atoms with Crippen molar-refractivity contribution in [1.82, 2.24) is 4.31 Å². The van der Waals surface area contributed by atoms with Gasteiger partial charge < -0.3 is 0 Å². The Morgan fingerprint density at radius 2 is 1.92 bits per heavy atom. The maximum Gasteiger partial charge on any atom is 0.107 e. The molecule has 1 saturated heterocycles. The monoisotopic (exact) mass is 202 g/mol. The minimum Gasteiger partial charge on any atom is -0.240 e. The summed E-state index contributed by atoms with van der Waals surface area (Å²) < 4.78 is 21.3. The minimum absolute atomic E-state index is 0.458. The van der Waals surface area contributed by atoms with Crippen molar-refractivity contribution in [3.63, 3.8) is 0 Å². The molecule has 0 radical (unpaired) electrons. The van der Waals surface area contributed by atoms with Gasteiger partial charge in [-0.05, 0) is 17.3 Å². The van der Waals surface area contributed by atoms with E-state index in [2.05, 4.69) is 13.8 Å². The van der Waals surface area contributed by atoms with E-state index in [9.17, 15) is 4.21 Å². The number of nitrogens with zero attached hydrogens (tertiary/aromatic N) is 1. The van der Waals surface area contributed by atoms with Crippen molar-refractivity contribution in [2.75, 3.05) is 18.8 Å². The third-order valence-corrected chi connectivity index (χ3v) is 5.81. The number of fused-ring (bicyclic) bond motifs is 1. The standard InChI is InChI=1S/C9H18N2OS/c1-4-13(10,12)11-5-7-8(6-11)9(7,2)3/h7-8,10H,4-6H2,1-3H3. The smallest absolute Gasteiger partial charge is 0.107 e. The highest BCUT2D eigenvalue weighted by Gasteiger charge is 2.62. The molecule has 1 aliphatic carbocycles. The van der Waals surface area contributed by atoms with E-state index in [1.807, 2.05) is 11.2 Å². The van der Waals surface area contributed by atoms with Gasteiger partial charge in [-0.1, -0.05) is 20.8 Å². The second kappa shape index (κ2) is 2.48. The van der Waals surface area contributed by atoms with Gasteiger partial charge in [0.2, 0.25) is 0 Å². The van der Waals surface area contributed by atoms with Gasteiger partial charge in [-0.3, -0.25) is 0 Å². The van der Waals surface area contributed by atoms with E-state index in [-0.39, 0.29) is 0 Å². The van der Waals surface area contributed by atoms with E-state index < -0.39 is 9.92 Å². The van der Waals surface area contributed by atoms with Crippen LogP contribution >= 0.6 is 0 Å². The van der Waals surface area contributed by atoms with E-state index in [0.717, 1.165) is 13.1 Å². The lowest BCUT2D eigenvalue weighted by Gasteiger charge is -2.22. The third-order valence-electron chi connectivity index (χ3n) is 3.90. The summed E-state index contributed by atoms with van der Waals surface area (Å²) in [6, 6.07) is 0. The summed E-state index contributed by atoms with van der Waals surface area (Å²) in [5.41, 5.74) is 0.458. The summed E-state index contributed by atoms with van der Waals surface area (Å²) in [5, 5.41) is 0. The van der Waals surface area contributed by atoms with Crippen LogP contribution in [0.4, 0.5) is 0 Å². The Morgan fingerprint density at radius 3 is 2.31 bits per heavy atom. The van der Waals surface area contributed by atoms with E-state index >= 15 is 0 Å². The molecule has 1 heterocycles. The zero-order valence-corrected chi connectivity index (χ0v) is 9.36. The van der Waals surface area contributed by atoms with E-state index in [1.54, 1.807) is 0 Å². The third kappa shape index (κ3) is 1.22. The Bertz CT molecular complexity index is 307. The normalized spacial score (nSPS) is 41.2. The topological polar surface area (TPSA) is 44.2 Å². The average molecular weight is 202 g/mol. The molecule has 1 saturated carbocycles. The summed E-state index contributed by atoms with van der Waals surface area (Å²) in [5.74, 6) is 1.86. The molecule has 1 aliphatic heterocycles. The molecule has 1 N–H and O–H groups in total. The molecule has 0 bridgehead atoms. The van der Waals surface area contributed by atoms with Crippen LogP contribution in [0.1, 0.15) is 20.8 Å². The lowest BCUT2D eigenvalue weighted by Crippen LogP contribution is -2.33. The van der Waals surface area contributed by atoms with Crippen LogP contribution in [0.5, 0.6) is 0 Å². The van der Waals surface area contributed by atoms with Gasteiger partial charge in [0.15, 0.2) is 0 Å². The summed E-state index contributed by atoms with van der Waals surface area (Å²) in [6.07, 6.45) is 0. The van der Waals surface area contributed by atoms with Crippen LogP contribution in [0, 0.1) is 22.0 Å². The lowest BCUT2D eigenvalue weighted by molar-refractivity contribution is 0.376. The Labute approximate surface area is 80.6 Å². The molecule has 4 heteroatoms. The Hall–Kier alpha value is -0.0900. The van der Waals surface area contributed by atoms with Crippen LogP contribution in [0.25, 0.3) is 0 Å². The molecule has 3 nitrogen and oxygen atoms in total. The molecule has 0 amide bonds. The molecule has 0 aromatic heterocycles. The molecular weight excluding hydrogens is 184 g/mol. The molecule has 0 spiro atoms. The van der Waals surface area contributed by atoms with Crippen molar-refractivity contribution in [2.24, 2.45) is 17.3 Å². The number of nitrogens with one attached hydrogen (secondary N) is 1. The Balaban J connectivity index is 2.06. The van der Waals surface area contributed by atoms with E-state index in [0.29, 0.717) is 23.0 Å². The van der Waals surface area contributed by atoms with E-state index in [4.69, 9.17) is 4.78 Å². The van der Waals surface area contributed by atoms with Gasteiger partial charge in [0.05, 0.1) is 0 Å². The quantitative estimate of drug-likeness (QED) is 0.725. The van der Waals surface area contributed by atoms with Crippen LogP contribution in [0.3, 0.4) is 0 Å². The largest absolute Gasteiger partial charge is 0.240 e. The van der Waals surface area contributed by atoms with Gasteiger partial charge in [-0.2, -0.15) is 0 Å².